The Hall–Kier alpha value is -2.27. The quantitative estimate of drug-likeness (QED) is 0.897. The number of rotatable bonds is 4. The van der Waals surface area contributed by atoms with Crippen LogP contribution in [0.15, 0.2) is 36.7 Å². The van der Waals surface area contributed by atoms with Gasteiger partial charge in [-0.3, -0.25) is 4.98 Å². The Balaban J connectivity index is 1.79. The highest BCUT2D eigenvalue weighted by molar-refractivity contribution is 5.88. The number of carboxylic acids is 1. The van der Waals surface area contributed by atoms with E-state index in [2.05, 4.69) is 15.3 Å². The van der Waals surface area contributed by atoms with E-state index in [1.165, 1.54) is 6.42 Å². The molecule has 1 fully saturated rings. The van der Waals surface area contributed by atoms with Crippen molar-refractivity contribution < 1.29 is 9.90 Å². The molecule has 0 radical (unpaired) electrons. The molecule has 0 amide bonds. The van der Waals surface area contributed by atoms with Crippen molar-refractivity contribution in [2.75, 3.05) is 13.1 Å². The molecule has 1 aromatic heterocycles. The van der Waals surface area contributed by atoms with Gasteiger partial charge >= 0.3 is 5.97 Å². The monoisotopic (exact) mass is 283 g/mol. The van der Waals surface area contributed by atoms with Crippen molar-refractivity contribution in [2.45, 2.75) is 12.8 Å². The molecule has 1 saturated heterocycles. The van der Waals surface area contributed by atoms with Crippen LogP contribution >= 0.6 is 0 Å². The molecule has 1 atom stereocenters. The van der Waals surface area contributed by atoms with Crippen molar-refractivity contribution in [1.82, 2.24) is 15.3 Å². The summed E-state index contributed by atoms with van der Waals surface area (Å²) in [4.78, 5) is 19.8. The number of aromatic nitrogens is 2. The van der Waals surface area contributed by atoms with E-state index in [1.54, 1.807) is 30.5 Å². The Bertz CT molecular complexity index is 634. The van der Waals surface area contributed by atoms with Gasteiger partial charge in [0, 0.05) is 11.8 Å². The maximum atomic E-state index is 10.9. The standard InChI is InChI=1S/C16H17N3O2/c20-16(21)13-3-1-12(2-4-13)15-10-18-9-14(19-15)7-11-5-6-17-8-11/h1-4,9-11,17H,5-8H2,(H,20,21). The molecule has 1 unspecified atom stereocenters. The lowest BCUT2D eigenvalue weighted by Gasteiger charge is -2.08. The first-order valence-corrected chi connectivity index (χ1v) is 7.08. The lowest BCUT2D eigenvalue weighted by atomic mass is 10.0. The average molecular weight is 283 g/mol. The highest BCUT2D eigenvalue weighted by atomic mass is 16.4. The van der Waals surface area contributed by atoms with Gasteiger partial charge in [-0.1, -0.05) is 12.1 Å². The Morgan fingerprint density at radius 2 is 2.10 bits per heavy atom. The summed E-state index contributed by atoms with van der Waals surface area (Å²) in [6, 6.07) is 6.72. The zero-order valence-electron chi connectivity index (χ0n) is 11.6. The highest BCUT2D eigenvalue weighted by Gasteiger charge is 2.16. The molecule has 2 heterocycles. The van der Waals surface area contributed by atoms with Gasteiger partial charge in [-0.05, 0) is 44.0 Å². The number of carboxylic acid groups (broad SMARTS) is 1. The van der Waals surface area contributed by atoms with Crippen LogP contribution in [0.4, 0.5) is 0 Å². The Morgan fingerprint density at radius 1 is 1.29 bits per heavy atom. The van der Waals surface area contributed by atoms with Crippen molar-refractivity contribution in [1.29, 1.82) is 0 Å². The van der Waals surface area contributed by atoms with E-state index in [-0.39, 0.29) is 5.56 Å². The van der Waals surface area contributed by atoms with Crippen LogP contribution in [0.3, 0.4) is 0 Å². The number of hydrogen-bond donors (Lipinski definition) is 2. The highest BCUT2D eigenvalue weighted by Crippen LogP contribution is 2.19. The number of carbonyl (C=O) groups is 1. The first-order chi connectivity index (χ1) is 10.2. The second-order valence-electron chi connectivity index (χ2n) is 5.34. The average Bonchev–Trinajstić information content (AvgIpc) is 3.00. The van der Waals surface area contributed by atoms with Gasteiger partial charge < -0.3 is 10.4 Å². The van der Waals surface area contributed by atoms with E-state index in [0.29, 0.717) is 5.92 Å². The van der Waals surface area contributed by atoms with Crippen LogP contribution in [-0.2, 0) is 6.42 Å². The second-order valence-corrected chi connectivity index (χ2v) is 5.34. The van der Waals surface area contributed by atoms with Gasteiger partial charge in [-0.2, -0.15) is 0 Å². The lowest BCUT2D eigenvalue weighted by molar-refractivity contribution is 0.0697. The molecule has 1 aliphatic rings. The molecule has 1 aliphatic heterocycles. The molecule has 0 aliphatic carbocycles. The minimum absolute atomic E-state index is 0.278. The topological polar surface area (TPSA) is 75.1 Å². The summed E-state index contributed by atoms with van der Waals surface area (Å²) in [6.07, 6.45) is 5.64. The Morgan fingerprint density at radius 3 is 2.76 bits per heavy atom. The maximum absolute atomic E-state index is 10.9. The number of benzene rings is 1. The zero-order chi connectivity index (χ0) is 14.7. The van der Waals surface area contributed by atoms with Crippen LogP contribution in [0, 0.1) is 5.92 Å². The number of nitrogens with one attached hydrogen (secondary N) is 1. The number of nitrogens with zero attached hydrogens (tertiary/aromatic N) is 2. The van der Waals surface area contributed by atoms with E-state index < -0.39 is 5.97 Å². The fourth-order valence-corrected chi connectivity index (χ4v) is 2.61. The van der Waals surface area contributed by atoms with Crippen molar-refractivity contribution in [3.8, 4) is 11.3 Å². The van der Waals surface area contributed by atoms with E-state index >= 15 is 0 Å². The van der Waals surface area contributed by atoms with Gasteiger partial charge in [0.25, 0.3) is 0 Å². The smallest absolute Gasteiger partial charge is 0.335 e. The zero-order valence-corrected chi connectivity index (χ0v) is 11.6. The summed E-state index contributed by atoms with van der Waals surface area (Å²) >= 11 is 0. The molecule has 108 valence electrons. The molecule has 5 heteroatoms. The Kier molecular flexibility index (Phi) is 3.92. The van der Waals surface area contributed by atoms with Crippen molar-refractivity contribution in [2.24, 2.45) is 5.92 Å². The molecule has 5 nitrogen and oxygen atoms in total. The van der Waals surface area contributed by atoms with Crippen LogP contribution in [0.25, 0.3) is 11.3 Å². The molecule has 21 heavy (non-hydrogen) atoms. The third-order valence-corrected chi connectivity index (χ3v) is 3.77. The van der Waals surface area contributed by atoms with Crippen LogP contribution in [0.1, 0.15) is 22.5 Å². The summed E-state index contributed by atoms with van der Waals surface area (Å²) in [5.74, 6) is -0.293. The third kappa shape index (κ3) is 3.25. The van der Waals surface area contributed by atoms with Crippen LogP contribution < -0.4 is 5.32 Å². The fraction of sp³-hybridized carbons (Fsp3) is 0.312. The Labute approximate surface area is 123 Å². The van der Waals surface area contributed by atoms with Gasteiger partial charge in [-0.25, -0.2) is 9.78 Å². The van der Waals surface area contributed by atoms with Gasteiger partial charge in [0.2, 0.25) is 0 Å². The van der Waals surface area contributed by atoms with Crippen LogP contribution in [-0.4, -0.2) is 34.1 Å². The molecule has 0 bridgehead atoms. The van der Waals surface area contributed by atoms with E-state index in [9.17, 15) is 4.79 Å². The van der Waals surface area contributed by atoms with Crippen LogP contribution in [0.2, 0.25) is 0 Å². The van der Waals surface area contributed by atoms with Gasteiger partial charge in [0.1, 0.15) is 0 Å². The number of hydrogen-bond acceptors (Lipinski definition) is 4. The summed E-state index contributed by atoms with van der Waals surface area (Å²) in [7, 11) is 0. The predicted molar refractivity (Wildman–Crippen MR) is 79.1 cm³/mol. The molecule has 3 rings (SSSR count). The maximum Gasteiger partial charge on any atom is 0.335 e. The fourth-order valence-electron chi connectivity index (χ4n) is 2.61. The third-order valence-electron chi connectivity index (χ3n) is 3.77. The summed E-state index contributed by atoms with van der Waals surface area (Å²) in [5.41, 5.74) is 2.94. The summed E-state index contributed by atoms with van der Waals surface area (Å²) in [5, 5.41) is 12.3. The minimum Gasteiger partial charge on any atom is -0.478 e. The van der Waals surface area contributed by atoms with Gasteiger partial charge in [-0.15, -0.1) is 0 Å². The molecular formula is C16H17N3O2. The minimum atomic E-state index is -0.921. The van der Waals surface area contributed by atoms with Gasteiger partial charge in [0.05, 0.1) is 23.1 Å². The number of aromatic carboxylic acids is 1. The lowest BCUT2D eigenvalue weighted by Crippen LogP contribution is -2.11. The first kappa shape index (κ1) is 13.7. The van der Waals surface area contributed by atoms with Gasteiger partial charge in [0.15, 0.2) is 0 Å². The molecule has 0 spiro atoms. The van der Waals surface area contributed by atoms with Crippen LogP contribution in [0.5, 0.6) is 0 Å². The van der Waals surface area contributed by atoms with Crippen molar-refractivity contribution >= 4 is 5.97 Å². The molecule has 2 N–H and O–H groups in total. The molecular weight excluding hydrogens is 266 g/mol. The largest absolute Gasteiger partial charge is 0.478 e. The summed E-state index contributed by atoms with van der Waals surface area (Å²) in [6.45, 7) is 2.12. The summed E-state index contributed by atoms with van der Waals surface area (Å²) < 4.78 is 0. The van der Waals surface area contributed by atoms with E-state index in [0.717, 1.165) is 36.5 Å². The van der Waals surface area contributed by atoms with E-state index in [4.69, 9.17) is 5.11 Å². The predicted octanol–water partition coefficient (Wildman–Crippen LogP) is 1.99. The molecule has 2 aromatic rings. The molecule has 1 aromatic carbocycles. The van der Waals surface area contributed by atoms with E-state index in [1.807, 2.05) is 6.20 Å². The van der Waals surface area contributed by atoms with Crippen molar-refractivity contribution in [3.63, 3.8) is 0 Å². The molecule has 0 saturated carbocycles. The first-order valence-electron chi connectivity index (χ1n) is 7.08. The SMILES string of the molecule is O=C(O)c1ccc(-c2cncc(CC3CCNC3)n2)cc1. The second kappa shape index (κ2) is 6.01. The van der Waals surface area contributed by atoms with Crippen molar-refractivity contribution in [3.05, 3.63) is 47.9 Å². The normalized spacial score (nSPS) is 17.8.